The maximum Gasteiger partial charge on any atom is 0.446 e. The molecule has 4 rings (SSSR count). The minimum absolute atomic E-state index is 0.0633. The summed E-state index contributed by atoms with van der Waals surface area (Å²) < 4.78 is 56.2. The zero-order chi connectivity index (χ0) is 22.7. The SMILES string of the molecule is O=C(Nc1ccc(Oc2ccc(SC(F)(F)F)cc2)cc1)Nc1c[nH]c2ccc(F)cc12. The predicted molar refractivity (Wildman–Crippen MR) is 116 cm³/mol. The van der Waals surface area contributed by atoms with Crippen molar-refractivity contribution in [1.82, 2.24) is 4.98 Å². The number of urea groups is 1. The van der Waals surface area contributed by atoms with Crippen LogP contribution in [0.2, 0.25) is 0 Å². The molecule has 4 aromatic rings. The van der Waals surface area contributed by atoms with Crippen LogP contribution in [0.5, 0.6) is 11.5 Å². The zero-order valence-electron chi connectivity index (χ0n) is 16.2. The Morgan fingerprint density at radius 3 is 2.22 bits per heavy atom. The number of rotatable bonds is 5. The molecule has 2 amide bonds. The Labute approximate surface area is 183 Å². The van der Waals surface area contributed by atoms with Crippen molar-refractivity contribution in [3.63, 3.8) is 0 Å². The molecule has 0 atom stereocenters. The summed E-state index contributed by atoms with van der Waals surface area (Å²) in [6, 6.07) is 15.7. The fraction of sp³-hybridized carbons (Fsp3) is 0.0455. The summed E-state index contributed by atoms with van der Waals surface area (Å²) in [5, 5.41) is 5.86. The van der Waals surface area contributed by atoms with Gasteiger partial charge in [0.15, 0.2) is 0 Å². The highest BCUT2D eigenvalue weighted by atomic mass is 32.2. The van der Waals surface area contributed by atoms with Crippen molar-refractivity contribution in [3.8, 4) is 11.5 Å². The van der Waals surface area contributed by atoms with E-state index < -0.39 is 17.4 Å². The van der Waals surface area contributed by atoms with Crippen molar-refractivity contribution in [2.75, 3.05) is 10.6 Å². The predicted octanol–water partition coefficient (Wildman–Crippen LogP) is 7.36. The van der Waals surface area contributed by atoms with E-state index in [4.69, 9.17) is 4.74 Å². The second-order valence-corrected chi connectivity index (χ2v) is 7.76. The molecule has 0 radical (unpaired) electrons. The highest BCUT2D eigenvalue weighted by Crippen LogP contribution is 2.37. The van der Waals surface area contributed by atoms with Gasteiger partial charge < -0.3 is 20.4 Å². The van der Waals surface area contributed by atoms with Crippen LogP contribution in [0.3, 0.4) is 0 Å². The van der Waals surface area contributed by atoms with Gasteiger partial charge in [0.05, 0.1) is 5.69 Å². The van der Waals surface area contributed by atoms with Gasteiger partial charge in [0, 0.05) is 27.7 Å². The summed E-state index contributed by atoms with van der Waals surface area (Å²) in [7, 11) is 0. The van der Waals surface area contributed by atoms with Crippen LogP contribution in [0.25, 0.3) is 10.9 Å². The Hall–Kier alpha value is -3.66. The molecule has 5 nitrogen and oxygen atoms in total. The molecule has 10 heteroatoms. The summed E-state index contributed by atoms with van der Waals surface area (Å²) in [6.45, 7) is 0. The number of alkyl halides is 3. The van der Waals surface area contributed by atoms with Crippen molar-refractivity contribution < 1.29 is 27.1 Å². The van der Waals surface area contributed by atoms with E-state index in [1.54, 1.807) is 36.5 Å². The van der Waals surface area contributed by atoms with Gasteiger partial charge in [-0.3, -0.25) is 0 Å². The van der Waals surface area contributed by atoms with Gasteiger partial charge in [-0.15, -0.1) is 0 Å². The average molecular weight is 461 g/mol. The summed E-state index contributed by atoms with van der Waals surface area (Å²) in [6.07, 6.45) is 1.57. The van der Waals surface area contributed by atoms with Crippen molar-refractivity contribution in [1.29, 1.82) is 0 Å². The first-order valence-electron chi connectivity index (χ1n) is 9.23. The molecule has 0 fully saturated rings. The third kappa shape index (κ3) is 5.52. The van der Waals surface area contributed by atoms with Crippen molar-refractivity contribution in [2.45, 2.75) is 10.4 Å². The molecule has 0 aliphatic heterocycles. The zero-order valence-corrected chi connectivity index (χ0v) is 17.0. The summed E-state index contributed by atoms with van der Waals surface area (Å²) in [4.78, 5) is 15.3. The van der Waals surface area contributed by atoms with Gasteiger partial charge in [0.25, 0.3) is 0 Å². The van der Waals surface area contributed by atoms with Gasteiger partial charge in [-0.05, 0) is 78.5 Å². The monoisotopic (exact) mass is 461 g/mol. The lowest BCUT2D eigenvalue weighted by molar-refractivity contribution is -0.0328. The number of ether oxygens (including phenoxy) is 1. The maximum atomic E-state index is 13.5. The van der Waals surface area contributed by atoms with E-state index in [1.807, 2.05) is 0 Å². The fourth-order valence-electron chi connectivity index (χ4n) is 2.93. The second kappa shape index (κ2) is 8.83. The van der Waals surface area contributed by atoms with E-state index in [9.17, 15) is 22.4 Å². The Morgan fingerprint density at radius 2 is 1.56 bits per heavy atom. The van der Waals surface area contributed by atoms with Gasteiger partial charge in [0.1, 0.15) is 17.3 Å². The number of hydrogen-bond acceptors (Lipinski definition) is 3. The first kappa shape index (κ1) is 21.6. The molecule has 0 aliphatic rings. The van der Waals surface area contributed by atoms with Gasteiger partial charge in [-0.1, -0.05) is 0 Å². The van der Waals surface area contributed by atoms with Crippen molar-refractivity contribution in [2.24, 2.45) is 0 Å². The van der Waals surface area contributed by atoms with Crippen LogP contribution < -0.4 is 15.4 Å². The van der Waals surface area contributed by atoms with Gasteiger partial charge in [-0.25, -0.2) is 9.18 Å². The molecule has 32 heavy (non-hydrogen) atoms. The third-order valence-electron chi connectivity index (χ3n) is 4.30. The van der Waals surface area contributed by atoms with E-state index in [1.165, 1.54) is 36.4 Å². The minimum atomic E-state index is -4.35. The number of fused-ring (bicyclic) bond motifs is 1. The fourth-order valence-corrected chi connectivity index (χ4v) is 3.47. The molecule has 0 unspecified atom stereocenters. The standard InChI is InChI=1S/C22H15F4N3O2S/c23-13-1-10-19-18(11-13)20(12-27-19)29-21(30)28-14-2-4-15(5-3-14)31-16-6-8-17(9-7-16)32-22(24,25)26/h1-12,27H,(H2,28,29,30). The summed E-state index contributed by atoms with van der Waals surface area (Å²) in [5.41, 5.74) is -2.74. The van der Waals surface area contributed by atoms with Crippen LogP contribution in [0.15, 0.2) is 77.8 Å². The number of carbonyl (C=O) groups excluding carboxylic acids is 1. The number of carbonyl (C=O) groups is 1. The first-order chi connectivity index (χ1) is 15.2. The topological polar surface area (TPSA) is 66.2 Å². The number of halogens is 4. The largest absolute Gasteiger partial charge is 0.457 e. The van der Waals surface area contributed by atoms with Gasteiger partial charge >= 0.3 is 11.5 Å². The Bertz CT molecular complexity index is 1240. The maximum absolute atomic E-state index is 13.5. The number of nitrogens with one attached hydrogen (secondary N) is 3. The molecule has 3 aromatic carbocycles. The van der Waals surface area contributed by atoms with E-state index in [0.29, 0.717) is 33.8 Å². The van der Waals surface area contributed by atoms with Crippen molar-refractivity contribution in [3.05, 3.63) is 78.7 Å². The highest BCUT2D eigenvalue weighted by molar-refractivity contribution is 8.00. The summed E-state index contributed by atoms with van der Waals surface area (Å²) in [5.74, 6) is 0.408. The van der Waals surface area contributed by atoms with Crippen LogP contribution in [0.1, 0.15) is 0 Å². The molecule has 1 heterocycles. The molecule has 164 valence electrons. The number of thioether (sulfide) groups is 1. The molecule has 3 N–H and O–H groups in total. The molecule has 0 aliphatic carbocycles. The van der Waals surface area contributed by atoms with Crippen LogP contribution in [-0.4, -0.2) is 16.5 Å². The number of benzene rings is 3. The van der Waals surface area contributed by atoms with Crippen LogP contribution in [0.4, 0.5) is 33.7 Å². The van der Waals surface area contributed by atoms with Crippen molar-refractivity contribution >= 4 is 40.1 Å². The molecule has 0 spiro atoms. The summed E-state index contributed by atoms with van der Waals surface area (Å²) >= 11 is -0.197. The average Bonchev–Trinajstić information content (AvgIpc) is 3.11. The van der Waals surface area contributed by atoms with Gasteiger partial charge in [-0.2, -0.15) is 13.2 Å². The number of anilines is 2. The van der Waals surface area contributed by atoms with Gasteiger partial charge in [0.2, 0.25) is 0 Å². The number of H-pyrrole nitrogens is 1. The molecule has 0 bridgehead atoms. The van der Waals surface area contributed by atoms with E-state index in [2.05, 4.69) is 15.6 Å². The lowest BCUT2D eigenvalue weighted by Gasteiger charge is -2.10. The van der Waals surface area contributed by atoms with E-state index in [-0.39, 0.29) is 16.7 Å². The number of aromatic amines is 1. The second-order valence-electron chi connectivity index (χ2n) is 6.62. The van der Waals surface area contributed by atoms with Crippen LogP contribution in [-0.2, 0) is 0 Å². The molecular formula is C22H15F4N3O2S. The smallest absolute Gasteiger partial charge is 0.446 e. The normalized spacial score (nSPS) is 11.4. The minimum Gasteiger partial charge on any atom is -0.457 e. The lowest BCUT2D eigenvalue weighted by Crippen LogP contribution is -2.19. The van der Waals surface area contributed by atoms with E-state index in [0.717, 1.165) is 0 Å². The number of aromatic nitrogens is 1. The van der Waals surface area contributed by atoms with Crippen LogP contribution in [0, 0.1) is 5.82 Å². The van der Waals surface area contributed by atoms with Crippen LogP contribution >= 0.6 is 11.8 Å². The Balaban J connectivity index is 1.35. The first-order valence-corrected chi connectivity index (χ1v) is 10.1. The molecule has 0 saturated carbocycles. The highest BCUT2D eigenvalue weighted by Gasteiger charge is 2.29. The molecule has 0 saturated heterocycles. The Kier molecular flexibility index (Phi) is 5.95. The number of hydrogen-bond donors (Lipinski definition) is 3. The number of amides is 2. The Morgan fingerprint density at radius 1 is 0.906 bits per heavy atom. The molecule has 1 aromatic heterocycles. The quantitative estimate of drug-likeness (QED) is 0.215. The van der Waals surface area contributed by atoms with E-state index >= 15 is 0 Å². The lowest BCUT2D eigenvalue weighted by atomic mass is 10.2. The third-order valence-corrected chi connectivity index (χ3v) is 5.04. The molecular weight excluding hydrogens is 446 g/mol.